The van der Waals surface area contributed by atoms with Gasteiger partial charge in [-0.3, -0.25) is 5.73 Å². The third-order valence-electron chi connectivity index (χ3n) is 3.20. The fraction of sp³-hybridized carbons (Fsp3) is 0.471. The van der Waals surface area contributed by atoms with Crippen LogP contribution in [0.4, 0.5) is 0 Å². The van der Waals surface area contributed by atoms with E-state index < -0.39 is 12.3 Å². The van der Waals surface area contributed by atoms with Crippen LogP contribution in [0.5, 0.6) is 11.5 Å². The Balaban J connectivity index is 2.96. The second kappa shape index (κ2) is 9.72. The number of rotatable bonds is 9. The molecule has 3 N–H and O–H groups in total. The van der Waals surface area contributed by atoms with Crippen LogP contribution in [0.2, 0.25) is 0 Å². The summed E-state index contributed by atoms with van der Waals surface area (Å²) in [6.07, 6.45) is 1.85. The van der Waals surface area contributed by atoms with Crippen molar-refractivity contribution < 1.29 is 24.1 Å². The van der Waals surface area contributed by atoms with E-state index in [2.05, 4.69) is 4.99 Å². The molecule has 0 heterocycles. The van der Waals surface area contributed by atoms with E-state index in [0.29, 0.717) is 29.4 Å². The number of aliphatic hydroxyl groups is 1. The highest BCUT2D eigenvalue weighted by Crippen LogP contribution is 2.30. The van der Waals surface area contributed by atoms with Gasteiger partial charge in [0.2, 0.25) is 12.0 Å². The van der Waals surface area contributed by atoms with Gasteiger partial charge in [-0.15, -0.1) is 4.99 Å². The summed E-state index contributed by atoms with van der Waals surface area (Å²) in [5.41, 5.74) is 6.57. The Bertz CT molecular complexity index is 609. The normalized spacial score (nSPS) is 13.9. The maximum absolute atomic E-state index is 10.3. The number of nitrogens with zero attached hydrogens (tertiary/aromatic N) is 1. The Labute approximate surface area is 141 Å². The van der Waals surface area contributed by atoms with Crippen LogP contribution in [0.1, 0.15) is 25.8 Å². The minimum Gasteiger partial charge on any atom is -0.493 e. The molecule has 7 heteroatoms. The highest BCUT2D eigenvalue weighted by atomic mass is 16.5. The van der Waals surface area contributed by atoms with E-state index in [1.54, 1.807) is 24.3 Å². The van der Waals surface area contributed by atoms with E-state index in [0.717, 1.165) is 0 Å². The molecule has 1 aromatic carbocycles. The molecule has 0 amide bonds. The minimum atomic E-state index is -0.864. The zero-order valence-corrected chi connectivity index (χ0v) is 14.4. The van der Waals surface area contributed by atoms with Gasteiger partial charge in [0.15, 0.2) is 17.7 Å². The number of nitrogens with two attached hydrogens (primary N) is 1. The zero-order chi connectivity index (χ0) is 18.1. The highest BCUT2D eigenvalue weighted by molar-refractivity contribution is 5.58. The molecule has 132 valence electrons. The standard InChI is InChI=1S/C17H24N2O5/c1-11(2)7-13(21)17(18)24-14-6-5-12(8-15(14)22-3)9-16(23-4)19-10-20/h5-6,8-9,11,13,17,21H,7,18H2,1-4H3. The summed E-state index contributed by atoms with van der Waals surface area (Å²) in [5.74, 6) is 1.25. The van der Waals surface area contributed by atoms with Crippen LogP contribution in [0, 0.1) is 5.92 Å². The van der Waals surface area contributed by atoms with Crippen molar-refractivity contribution in [1.82, 2.24) is 0 Å². The van der Waals surface area contributed by atoms with Crippen LogP contribution < -0.4 is 15.2 Å². The predicted molar refractivity (Wildman–Crippen MR) is 90.2 cm³/mol. The number of isocyanates is 1. The molecular formula is C17H24N2O5. The van der Waals surface area contributed by atoms with Crippen molar-refractivity contribution in [2.45, 2.75) is 32.6 Å². The third-order valence-corrected chi connectivity index (χ3v) is 3.20. The van der Waals surface area contributed by atoms with Gasteiger partial charge in [0.05, 0.1) is 14.2 Å². The molecule has 0 fully saturated rings. The fourth-order valence-electron chi connectivity index (χ4n) is 2.04. The molecule has 2 unspecified atom stereocenters. The molecule has 0 bridgehead atoms. The average molecular weight is 336 g/mol. The molecule has 0 saturated heterocycles. The molecular weight excluding hydrogens is 312 g/mol. The quantitative estimate of drug-likeness (QED) is 0.310. The molecule has 0 aromatic heterocycles. The molecule has 0 aliphatic rings. The maximum Gasteiger partial charge on any atom is 0.243 e. The number of aliphatic imine (C=N–C) groups is 1. The van der Waals surface area contributed by atoms with Crippen LogP contribution in [-0.4, -0.2) is 37.7 Å². The largest absolute Gasteiger partial charge is 0.493 e. The van der Waals surface area contributed by atoms with Crippen LogP contribution in [0.15, 0.2) is 29.1 Å². The second-order valence-electron chi connectivity index (χ2n) is 5.58. The summed E-state index contributed by atoms with van der Waals surface area (Å²) in [7, 11) is 2.89. The van der Waals surface area contributed by atoms with Crippen molar-refractivity contribution in [3.8, 4) is 11.5 Å². The van der Waals surface area contributed by atoms with E-state index in [9.17, 15) is 9.90 Å². The van der Waals surface area contributed by atoms with Crippen molar-refractivity contribution in [2.75, 3.05) is 14.2 Å². The first-order valence-electron chi connectivity index (χ1n) is 7.53. The first-order chi connectivity index (χ1) is 11.4. The van der Waals surface area contributed by atoms with Gasteiger partial charge in [0.25, 0.3) is 0 Å². The summed E-state index contributed by atoms with van der Waals surface area (Å²) in [5, 5.41) is 10.0. The number of hydrogen-bond acceptors (Lipinski definition) is 7. The molecule has 1 rings (SSSR count). The highest BCUT2D eigenvalue weighted by Gasteiger charge is 2.19. The molecule has 0 aliphatic heterocycles. The van der Waals surface area contributed by atoms with Crippen molar-refractivity contribution in [3.63, 3.8) is 0 Å². The van der Waals surface area contributed by atoms with E-state index in [1.165, 1.54) is 20.3 Å². The Morgan fingerprint density at radius 2 is 2.08 bits per heavy atom. The molecule has 0 saturated carbocycles. The Hall–Kier alpha value is -2.34. The molecule has 1 aromatic rings. The number of methoxy groups -OCH3 is 2. The second-order valence-corrected chi connectivity index (χ2v) is 5.58. The zero-order valence-electron chi connectivity index (χ0n) is 14.4. The summed E-state index contributed by atoms with van der Waals surface area (Å²) in [6, 6.07) is 5.06. The fourth-order valence-corrected chi connectivity index (χ4v) is 2.04. The van der Waals surface area contributed by atoms with Gasteiger partial charge in [0, 0.05) is 6.08 Å². The van der Waals surface area contributed by atoms with Crippen molar-refractivity contribution in [1.29, 1.82) is 0 Å². The number of carbonyl (C=O) groups excluding carboxylic acids is 1. The molecule has 0 spiro atoms. The minimum absolute atomic E-state index is 0.116. The lowest BCUT2D eigenvalue weighted by atomic mass is 10.1. The van der Waals surface area contributed by atoms with E-state index in [-0.39, 0.29) is 5.88 Å². The van der Waals surface area contributed by atoms with Crippen molar-refractivity contribution >= 4 is 12.2 Å². The number of hydrogen-bond donors (Lipinski definition) is 2. The lowest BCUT2D eigenvalue weighted by Crippen LogP contribution is -2.40. The lowest BCUT2D eigenvalue weighted by Gasteiger charge is -2.22. The monoisotopic (exact) mass is 336 g/mol. The first kappa shape index (κ1) is 19.7. The smallest absolute Gasteiger partial charge is 0.243 e. The molecule has 0 radical (unpaired) electrons. The van der Waals surface area contributed by atoms with Crippen molar-refractivity contribution in [3.05, 3.63) is 29.6 Å². The number of ether oxygens (including phenoxy) is 3. The van der Waals surface area contributed by atoms with E-state index in [1.807, 2.05) is 13.8 Å². The molecule has 2 atom stereocenters. The van der Waals surface area contributed by atoms with E-state index >= 15 is 0 Å². The van der Waals surface area contributed by atoms with Crippen molar-refractivity contribution in [2.24, 2.45) is 16.6 Å². The summed E-state index contributed by atoms with van der Waals surface area (Å²) in [4.78, 5) is 13.7. The Morgan fingerprint density at radius 3 is 2.62 bits per heavy atom. The molecule has 0 aliphatic carbocycles. The van der Waals surface area contributed by atoms with E-state index in [4.69, 9.17) is 19.9 Å². The topological polar surface area (TPSA) is 103 Å². The van der Waals surface area contributed by atoms with Gasteiger partial charge < -0.3 is 19.3 Å². The Kier molecular flexibility index (Phi) is 7.98. The summed E-state index contributed by atoms with van der Waals surface area (Å²) in [6.45, 7) is 3.99. The van der Waals surface area contributed by atoms with Gasteiger partial charge in [-0.2, -0.15) is 0 Å². The number of aliphatic hydroxyl groups excluding tert-OH is 1. The van der Waals surface area contributed by atoms with Gasteiger partial charge in [-0.1, -0.05) is 19.9 Å². The predicted octanol–water partition coefficient (Wildman–Crippen LogP) is 2.05. The molecule has 7 nitrogen and oxygen atoms in total. The van der Waals surface area contributed by atoms with Gasteiger partial charge in [-0.25, -0.2) is 4.79 Å². The van der Waals surface area contributed by atoms with Gasteiger partial charge in [-0.05, 0) is 30.0 Å². The maximum atomic E-state index is 10.3. The van der Waals surface area contributed by atoms with Gasteiger partial charge in [0.1, 0.15) is 6.10 Å². The van der Waals surface area contributed by atoms with Gasteiger partial charge >= 0.3 is 0 Å². The average Bonchev–Trinajstić information content (AvgIpc) is 2.54. The van der Waals surface area contributed by atoms with Crippen LogP contribution in [-0.2, 0) is 9.53 Å². The summed E-state index contributed by atoms with van der Waals surface area (Å²) < 4.78 is 15.8. The lowest BCUT2D eigenvalue weighted by molar-refractivity contribution is 0.0255. The van der Waals surface area contributed by atoms with Crippen LogP contribution in [0.3, 0.4) is 0 Å². The third kappa shape index (κ3) is 6.04. The number of benzene rings is 1. The van der Waals surface area contributed by atoms with Crippen LogP contribution in [0.25, 0.3) is 6.08 Å². The SMILES string of the molecule is COC(=Cc1ccc(OC(N)C(O)CC(C)C)c(OC)c1)N=C=O. The van der Waals surface area contributed by atoms with Crippen LogP contribution >= 0.6 is 0 Å². The molecule has 24 heavy (non-hydrogen) atoms. The first-order valence-corrected chi connectivity index (χ1v) is 7.53. The summed E-state index contributed by atoms with van der Waals surface area (Å²) >= 11 is 0. The Morgan fingerprint density at radius 1 is 1.38 bits per heavy atom.